The number of rotatable bonds is 4. The summed E-state index contributed by atoms with van der Waals surface area (Å²) >= 11 is 5.15. The van der Waals surface area contributed by atoms with Crippen LogP contribution in [-0.4, -0.2) is 24.5 Å². The third kappa shape index (κ3) is 4.22. The molecule has 1 aromatic heterocycles. The lowest BCUT2D eigenvalue weighted by molar-refractivity contribution is 0.497. The fourth-order valence-electron chi connectivity index (χ4n) is 1.10. The SMILES string of the molecule is CCCN=C(N)N(C)Cc1cc(Br)cs1. The molecule has 15 heavy (non-hydrogen) atoms. The molecule has 0 aliphatic rings. The van der Waals surface area contributed by atoms with E-state index in [9.17, 15) is 0 Å². The zero-order valence-corrected chi connectivity index (χ0v) is 11.4. The van der Waals surface area contributed by atoms with E-state index in [-0.39, 0.29) is 0 Å². The molecule has 0 fully saturated rings. The highest BCUT2D eigenvalue weighted by molar-refractivity contribution is 9.10. The summed E-state index contributed by atoms with van der Waals surface area (Å²) in [5.74, 6) is 0.612. The molecule has 84 valence electrons. The van der Waals surface area contributed by atoms with Crippen molar-refractivity contribution in [1.82, 2.24) is 4.90 Å². The Morgan fingerprint density at radius 3 is 2.93 bits per heavy atom. The maximum atomic E-state index is 5.83. The first kappa shape index (κ1) is 12.5. The lowest BCUT2D eigenvalue weighted by Gasteiger charge is -2.16. The van der Waals surface area contributed by atoms with Crippen LogP contribution in [0.2, 0.25) is 0 Å². The quantitative estimate of drug-likeness (QED) is 0.684. The molecule has 0 bridgehead atoms. The first-order chi connectivity index (χ1) is 7.13. The second-order valence-electron chi connectivity index (χ2n) is 3.33. The van der Waals surface area contributed by atoms with Crippen molar-refractivity contribution in [3.05, 3.63) is 20.8 Å². The van der Waals surface area contributed by atoms with E-state index in [0.29, 0.717) is 5.96 Å². The Morgan fingerprint density at radius 2 is 2.40 bits per heavy atom. The van der Waals surface area contributed by atoms with Gasteiger partial charge < -0.3 is 10.6 Å². The number of guanidine groups is 1. The van der Waals surface area contributed by atoms with Gasteiger partial charge in [0.15, 0.2) is 5.96 Å². The average molecular weight is 290 g/mol. The van der Waals surface area contributed by atoms with Gasteiger partial charge >= 0.3 is 0 Å². The minimum absolute atomic E-state index is 0.612. The van der Waals surface area contributed by atoms with Crippen LogP contribution in [0.25, 0.3) is 0 Å². The molecule has 0 unspecified atom stereocenters. The molecule has 3 nitrogen and oxygen atoms in total. The average Bonchev–Trinajstić information content (AvgIpc) is 2.60. The van der Waals surface area contributed by atoms with Crippen LogP contribution in [0.4, 0.5) is 0 Å². The number of hydrogen-bond acceptors (Lipinski definition) is 2. The van der Waals surface area contributed by atoms with Gasteiger partial charge in [0.2, 0.25) is 0 Å². The maximum Gasteiger partial charge on any atom is 0.191 e. The van der Waals surface area contributed by atoms with Gasteiger partial charge in [-0.25, -0.2) is 0 Å². The molecule has 0 saturated carbocycles. The van der Waals surface area contributed by atoms with Crippen LogP contribution in [0.1, 0.15) is 18.2 Å². The predicted octanol–water partition coefficient (Wildman–Crippen LogP) is 2.67. The normalized spacial score (nSPS) is 11.8. The molecule has 0 aliphatic carbocycles. The van der Waals surface area contributed by atoms with Crippen molar-refractivity contribution in [2.75, 3.05) is 13.6 Å². The number of nitrogens with zero attached hydrogens (tertiary/aromatic N) is 2. The van der Waals surface area contributed by atoms with Crippen molar-refractivity contribution in [2.24, 2.45) is 10.7 Å². The summed E-state index contributed by atoms with van der Waals surface area (Å²) < 4.78 is 1.12. The van der Waals surface area contributed by atoms with Gasteiger partial charge in [-0.3, -0.25) is 4.99 Å². The van der Waals surface area contributed by atoms with Gasteiger partial charge in [0, 0.05) is 28.3 Å². The fourth-order valence-corrected chi connectivity index (χ4v) is 2.60. The highest BCUT2D eigenvalue weighted by Gasteiger charge is 2.04. The molecular weight excluding hydrogens is 274 g/mol. The Hall–Kier alpha value is -0.550. The molecule has 0 aromatic carbocycles. The first-order valence-electron chi connectivity index (χ1n) is 4.87. The fraction of sp³-hybridized carbons (Fsp3) is 0.500. The van der Waals surface area contributed by atoms with Crippen LogP contribution in [0.15, 0.2) is 20.9 Å². The maximum absolute atomic E-state index is 5.83. The van der Waals surface area contributed by atoms with Gasteiger partial charge in [-0.2, -0.15) is 0 Å². The van der Waals surface area contributed by atoms with Crippen LogP contribution in [0, 0.1) is 0 Å². The van der Waals surface area contributed by atoms with Crippen molar-refractivity contribution >= 4 is 33.2 Å². The minimum atomic E-state index is 0.612. The molecule has 1 aromatic rings. The van der Waals surface area contributed by atoms with Crippen molar-refractivity contribution in [1.29, 1.82) is 0 Å². The monoisotopic (exact) mass is 289 g/mol. The molecule has 0 spiro atoms. The van der Waals surface area contributed by atoms with Gasteiger partial charge in [-0.05, 0) is 28.4 Å². The minimum Gasteiger partial charge on any atom is -0.370 e. The van der Waals surface area contributed by atoms with Crippen molar-refractivity contribution in [3.63, 3.8) is 0 Å². The summed E-state index contributed by atoms with van der Waals surface area (Å²) in [5, 5.41) is 2.07. The second-order valence-corrected chi connectivity index (χ2v) is 5.24. The Labute approximate surface area is 103 Å². The van der Waals surface area contributed by atoms with E-state index in [1.165, 1.54) is 4.88 Å². The molecule has 0 aliphatic heterocycles. The summed E-state index contributed by atoms with van der Waals surface area (Å²) in [6.45, 7) is 3.70. The van der Waals surface area contributed by atoms with Crippen molar-refractivity contribution in [3.8, 4) is 0 Å². The van der Waals surface area contributed by atoms with Gasteiger partial charge in [0.05, 0.1) is 6.54 Å². The van der Waals surface area contributed by atoms with Crippen molar-refractivity contribution < 1.29 is 0 Å². The van der Waals surface area contributed by atoms with E-state index in [4.69, 9.17) is 5.73 Å². The number of nitrogens with two attached hydrogens (primary N) is 1. The molecule has 0 saturated heterocycles. The van der Waals surface area contributed by atoms with E-state index in [1.54, 1.807) is 11.3 Å². The summed E-state index contributed by atoms with van der Waals surface area (Å²) in [7, 11) is 1.96. The molecule has 1 heterocycles. The van der Waals surface area contributed by atoms with Crippen molar-refractivity contribution in [2.45, 2.75) is 19.9 Å². The van der Waals surface area contributed by atoms with E-state index in [2.05, 4.69) is 39.3 Å². The second kappa shape index (κ2) is 6.12. The third-order valence-electron chi connectivity index (χ3n) is 1.90. The molecular formula is C10H16BrN3S. The lowest BCUT2D eigenvalue weighted by Crippen LogP contribution is -2.33. The Balaban J connectivity index is 2.51. The molecule has 5 heteroatoms. The molecule has 0 amide bonds. The standard InChI is InChI=1S/C10H16BrN3S/c1-3-4-13-10(12)14(2)6-9-5-8(11)7-15-9/h5,7H,3-4,6H2,1-2H3,(H2,12,13). The summed E-state index contributed by atoms with van der Waals surface area (Å²) in [6.07, 6.45) is 1.03. The van der Waals surface area contributed by atoms with Gasteiger partial charge in [-0.1, -0.05) is 6.92 Å². The number of thiophene rings is 1. The Bertz CT molecular complexity index is 335. The van der Waals surface area contributed by atoms with E-state index >= 15 is 0 Å². The largest absolute Gasteiger partial charge is 0.370 e. The Morgan fingerprint density at radius 1 is 1.67 bits per heavy atom. The van der Waals surface area contributed by atoms with Gasteiger partial charge in [0.25, 0.3) is 0 Å². The van der Waals surface area contributed by atoms with Crippen LogP contribution < -0.4 is 5.73 Å². The van der Waals surface area contributed by atoms with E-state index in [0.717, 1.165) is 24.0 Å². The topological polar surface area (TPSA) is 41.6 Å². The highest BCUT2D eigenvalue weighted by Crippen LogP contribution is 2.20. The number of halogens is 1. The smallest absolute Gasteiger partial charge is 0.191 e. The lowest BCUT2D eigenvalue weighted by atomic mass is 10.4. The zero-order chi connectivity index (χ0) is 11.3. The van der Waals surface area contributed by atoms with Gasteiger partial charge in [0.1, 0.15) is 0 Å². The van der Waals surface area contributed by atoms with Gasteiger partial charge in [-0.15, -0.1) is 11.3 Å². The number of aliphatic imine (C=N–C) groups is 1. The van der Waals surface area contributed by atoms with Crippen LogP contribution in [0.3, 0.4) is 0 Å². The highest BCUT2D eigenvalue weighted by atomic mass is 79.9. The van der Waals surface area contributed by atoms with Crippen LogP contribution >= 0.6 is 27.3 Å². The molecule has 0 atom stereocenters. The molecule has 2 N–H and O–H groups in total. The zero-order valence-electron chi connectivity index (χ0n) is 9.03. The summed E-state index contributed by atoms with van der Waals surface area (Å²) in [4.78, 5) is 7.50. The summed E-state index contributed by atoms with van der Waals surface area (Å²) in [6, 6.07) is 2.11. The van der Waals surface area contributed by atoms with Crippen LogP contribution in [-0.2, 0) is 6.54 Å². The number of hydrogen-bond donors (Lipinski definition) is 1. The van der Waals surface area contributed by atoms with E-state index in [1.807, 2.05) is 11.9 Å². The predicted molar refractivity (Wildman–Crippen MR) is 70.3 cm³/mol. The molecule has 0 radical (unpaired) electrons. The third-order valence-corrected chi connectivity index (χ3v) is 3.59. The Kier molecular flexibility index (Phi) is 5.11. The molecule has 1 rings (SSSR count). The first-order valence-corrected chi connectivity index (χ1v) is 6.54. The van der Waals surface area contributed by atoms with Crippen LogP contribution in [0.5, 0.6) is 0 Å². The summed E-state index contributed by atoms with van der Waals surface area (Å²) in [5.41, 5.74) is 5.83. The van der Waals surface area contributed by atoms with E-state index < -0.39 is 0 Å².